The van der Waals surface area contributed by atoms with E-state index < -0.39 is 23.7 Å². The lowest BCUT2D eigenvalue weighted by Gasteiger charge is -2.19. The molecule has 0 bridgehead atoms. The Labute approximate surface area is 176 Å². The zero-order valence-corrected chi connectivity index (χ0v) is 20.3. The summed E-state index contributed by atoms with van der Waals surface area (Å²) < 4.78 is 36.1. The molecule has 0 radical (unpaired) electrons. The molecule has 0 amide bonds. The first kappa shape index (κ1) is 22.0. The number of nitrogens with zero attached hydrogens (tertiary/aromatic N) is 2. The highest BCUT2D eigenvalue weighted by Crippen LogP contribution is 2.31. The number of aromatic nitrogens is 1. The van der Waals surface area contributed by atoms with Gasteiger partial charge in [0.15, 0.2) is 0 Å². The molecule has 0 aliphatic carbocycles. The molecule has 0 spiro atoms. The molecule has 156 valence electrons. The third-order valence-corrected chi connectivity index (χ3v) is 9.26. The second kappa shape index (κ2) is 7.85. The molecule has 1 fully saturated rings. The van der Waals surface area contributed by atoms with Crippen molar-refractivity contribution < 1.29 is 18.3 Å². The summed E-state index contributed by atoms with van der Waals surface area (Å²) in [5, 5.41) is 11.1. The Hall–Kier alpha value is -0.713. The van der Waals surface area contributed by atoms with Crippen LogP contribution in [0.1, 0.15) is 13.3 Å². The van der Waals surface area contributed by atoms with Crippen LogP contribution in [-0.2, 0) is 21.5 Å². The molecule has 1 saturated heterocycles. The number of halogens is 1. The Kier molecular flexibility index (Phi) is 6.16. The highest BCUT2D eigenvalue weighted by molar-refractivity contribution is 9.10. The van der Waals surface area contributed by atoms with Crippen molar-refractivity contribution >= 4 is 44.9 Å². The quantitative estimate of drug-likeness (QED) is 0.474. The van der Waals surface area contributed by atoms with Crippen LogP contribution in [0.3, 0.4) is 0 Å². The van der Waals surface area contributed by atoms with Crippen LogP contribution in [0.5, 0.6) is 0 Å². The highest BCUT2D eigenvalue weighted by Gasteiger charge is 2.38. The van der Waals surface area contributed by atoms with E-state index in [1.54, 1.807) is 19.1 Å². The van der Waals surface area contributed by atoms with E-state index in [9.17, 15) is 13.5 Å². The highest BCUT2D eigenvalue weighted by atomic mass is 79.9. The van der Waals surface area contributed by atoms with Crippen molar-refractivity contribution in [2.75, 3.05) is 19.7 Å². The van der Waals surface area contributed by atoms with Crippen molar-refractivity contribution in [1.29, 1.82) is 0 Å². The number of hydrogen-bond acceptors (Lipinski definition) is 4. The van der Waals surface area contributed by atoms with E-state index in [2.05, 4.69) is 35.6 Å². The molecule has 2 aromatic rings. The Morgan fingerprint density at radius 2 is 2.04 bits per heavy atom. The summed E-state index contributed by atoms with van der Waals surface area (Å²) in [6.45, 7) is 10.1. The van der Waals surface area contributed by atoms with E-state index in [1.165, 1.54) is 4.31 Å². The Balaban J connectivity index is 1.84. The molecule has 0 saturated carbocycles. The van der Waals surface area contributed by atoms with Gasteiger partial charge in [0, 0.05) is 43.8 Å². The third-order valence-electron chi connectivity index (χ3n) is 5.09. The summed E-state index contributed by atoms with van der Waals surface area (Å²) in [5.74, 6) is 0. The molecule has 1 N–H and O–H groups in total. The van der Waals surface area contributed by atoms with Crippen LogP contribution >= 0.6 is 15.9 Å². The molecular weight excluding hydrogens is 460 g/mol. The predicted octanol–water partition coefficient (Wildman–Crippen LogP) is 3.86. The lowest BCUT2D eigenvalue weighted by molar-refractivity contribution is 0.0762. The standard InChI is InChI=1S/C19H29BrN2O4SSi/c1-19(23)7-8-22(13-19)27(24,25)15-5-6-16-17(20)12-21(18(16)11-15)14-26-9-10-28(2,3)4/h5-6,11-12,23H,7-10,13-14H2,1-4H3. The first-order valence-electron chi connectivity index (χ1n) is 9.48. The van der Waals surface area contributed by atoms with Crippen LogP contribution < -0.4 is 0 Å². The number of β-amino-alcohol motifs (C(OH)–C–C–N with tert-alkyl or cyclic N) is 1. The minimum atomic E-state index is -3.64. The van der Waals surface area contributed by atoms with E-state index in [-0.39, 0.29) is 11.4 Å². The van der Waals surface area contributed by atoms with Crippen LogP contribution in [0, 0.1) is 0 Å². The number of hydrogen-bond donors (Lipinski definition) is 1. The molecule has 1 aliphatic rings. The van der Waals surface area contributed by atoms with Crippen LogP contribution in [0.4, 0.5) is 0 Å². The zero-order chi connectivity index (χ0) is 20.7. The lowest BCUT2D eigenvalue weighted by atomic mass is 10.1. The van der Waals surface area contributed by atoms with Gasteiger partial charge in [0.25, 0.3) is 0 Å². The first-order valence-corrected chi connectivity index (χ1v) is 15.4. The van der Waals surface area contributed by atoms with Gasteiger partial charge in [-0.05, 0) is 47.5 Å². The first-order chi connectivity index (χ1) is 12.9. The predicted molar refractivity (Wildman–Crippen MR) is 118 cm³/mol. The van der Waals surface area contributed by atoms with Crippen LogP contribution in [0.15, 0.2) is 33.8 Å². The van der Waals surface area contributed by atoms with Crippen LogP contribution in [0.2, 0.25) is 25.7 Å². The van der Waals surface area contributed by atoms with Gasteiger partial charge in [0.05, 0.1) is 16.0 Å². The van der Waals surface area contributed by atoms with Crippen molar-refractivity contribution in [2.45, 2.75) is 56.3 Å². The normalized spacial score (nSPS) is 21.6. The van der Waals surface area contributed by atoms with Gasteiger partial charge in [-0.2, -0.15) is 4.31 Å². The van der Waals surface area contributed by atoms with Crippen molar-refractivity contribution in [3.63, 3.8) is 0 Å². The van der Waals surface area contributed by atoms with Crippen molar-refractivity contribution in [2.24, 2.45) is 0 Å². The molecule has 2 heterocycles. The fraction of sp³-hybridized carbons (Fsp3) is 0.579. The van der Waals surface area contributed by atoms with E-state index in [1.807, 2.05) is 16.8 Å². The van der Waals surface area contributed by atoms with Crippen molar-refractivity contribution in [3.8, 4) is 0 Å². The fourth-order valence-corrected chi connectivity index (χ4v) is 6.21. The molecule has 1 aromatic carbocycles. The summed E-state index contributed by atoms with van der Waals surface area (Å²) in [6.07, 6.45) is 2.37. The monoisotopic (exact) mass is 488 g/mol. The maximum Gasteiger partial charge on any atom is 0.243 e. The minimum Gasteiger partial charge on any atom is -0.389 e. The number of aliphatic hydroxyl groups is 1. The molecule has 28 heavy (non-hydrogen) atoms. The molecule has 1 atom stereocenters. The maximum absolute atomic E-state index is 13.0. The van der Waals surface area contributed by atoms with E-state index in [4.69, 9.17) is 4.74 Å². The topological polar surface area (TPSA) is 71.8 Å². The van der Waals surface area contributed by atoms with Crippen LogP contribution in [-0.4, -0.2) is 55.8 Å². The van der Waals surface area contributed by atoms with E-state index in [0.717, 1.165) is 21.4 Å². The molecule has 1 aromatic heterocycles. The summed E-state index contributed by atoms with van der Waals surface area (Å²) in [7, 11) is -4.80. The Bertz CT molecular complexity index is 966. The molecular formula is C19H29BrN2O4SSi. The van der Waals surface area contributed by atoms with E-state index >= 15 is 0 Å². The molecule has 1 aliphatic heterocycles. The zero-order valence-electron chi connectivity index (χ0n) is 16.9. The number of ether oxygens (including phenoxy) is 1. The molecule has 9 heteroatoms. The summed E-state index contributed by atoms with van der Waals surface area (Å²) in [6, 6.07) is 6.23. The minimum absolute atomic E-state index is 0.123. The fourth-order valence-electron chi connectivity index (χ4n) is 3.29. The number of rotatable bonds is 7. The van der Waals surface area contributed by atoms with E-state index in [0.29, 0.717) is 26.3 Å². The van der Waals surface area contributed by atoms with Gasteiger partial charge in [-0.25, -0.2) is 8.42 Å². The maximum atomic E-state index is 13.0. The number of benzene rings is 1. The van der Waals surface area contributed by atoms with Crippen molar-refractivity contribution in [1.82, 2.24) is 8.87 Å². The van der Waals surface area contributed by atoms with Gasteiger partial charge < -0.3 is 14.4 Å². The van der Waals surface area contributed by atoms with Crippen LogP contribution in [0.25, 0.3) is 10.9 Å². The van der Waals surface area contributed by atoms with Crippen molar-refractivity contribution in [3.05, 3.63) is 28.9 Å². The second-order valence-corrected chi connectivity index (χ2v) is 17.5. The van der Waals surface area contributed by atoms with Gasteiger partial charge in [0.1, 0.15) is 6.73 Å². The Morgan fingerprint density at radius 3 is 2.64 bits per heavy atom. The van der Waals surface area contributed by atoms with Gasteiger partial charge >= 0.3 is 0 Å². The molecule has 3 rings (SSSR count). The van der Waals surface area contributed by atoms with Gasteiger partial charge in [-0.3, -0.25) is 0 Å². The van der Waals surface area contributed by atoms with Gasteiger partial charge in [0.2, 0.25) is 10.0 Å². The summed E-state index contributed by atoms with van der Waals surface area (Å²) in [4.78, 5) is 0.242. The SMILES string of the molecule is CC1(O)CCN(S(=O)(=O)c2ccc3c(Br)cn(COCC[Si](C)(C)C)c3c2)C1. The third kappa shape index (κ3) is 4.88. The molecule has 6 nitrogen and oxygen atoms in total. The summed E-state index contributed by atoms with van der Waals surface area (Å²) >= 11 is 3.55. The lowest BCUT2D eigenvalue weighted by Crippen LogP contribution is -2.33. The molecule has 1 unspecified atom stereocenters. The average molecular weight is 490 g/mol. The largest absolute Gasteiger partial charge is 0.389 e. The number of sulfonamides is 1. The van der Waals surface area contributed by atoms with Gasteiger partial charge in [-0.15, -0.1) is 0 Å². The average Bonchev–Trinajstić information content (AvgIpc) is 3.11. The Morgan fingerprint density at radius 1 is 1.32 bits per heavy atom. The smallest absolute Gasteiger partial charge is 0.243 e. The summed E-state index contributed by atoms with van der Waals surface area (Å²) in [5.41, 5.74) is -0.156. The number of fused-ring (bicyclic) bond motifs is 1. The van der Waals surface area contributed by atoms with Gasteiger partial charge in [-0.1, -0.05) is 25.7 Å². The second-order valence-electron chi connectivity index (χ2n) is 9.06.